The summed E-state index contributed by atoms with van der Waals surface area (Å²) >= 11 is 5.87. The third kappa shape index (κ3) is 3.99. The quantitative estimate of drug-likeness (QED) is 0.516. The molecule has 0 saturated carbocycles. The van der Waals surface area contributed by atoms with Gasteiger partial charge in [0.15, 0.2) is 5.84 Å². The van der Waals surface area contributed by atoms with E-state index in [0.29, 0.717) is 10.7 Å². The van der Waals surface area contributed by atoms with E-state index in [1.807, 2.05) is 12.1 Å². The molecule has 0 aromatic heterocycles. The van der Waals surface area contributed by atoms with Crippen molar-refractivity contribution in [3.8, 4) is 0 Å². The monoisotopic (exact) mass is 347 g/mol. The van der Waals surface area contributed by atoms with Gasteiger partial charge in [-0.05, 0) is 24.6 Å². The standard InChI is InChI=1S/C16H18ClN5O2/c1-10(11-5-7-12(17)8-6-11)19-20-14-13(9-21(2)3)15(23)18-16(24)22(14)4/h5-9H,1-4H3,(H,18,23,24)/b13-9+,19-10+,20-14-. The molecule has 0 unspecified atom stereocenters. The van der Waals surface area contributed by atoms with Gasteiger partial charge in [-0.3, -0.25) is 15.0 Å². The number of urea groups is 1. The first kappa shape index (κ1) is 17.7. The zero-order chi connectivity index (χ0) is 17.9. The van der Waals surface area contributed by atoms with Gasteiger partial charge in [-0.1, -0.05) is 23.7 Å². The summed E-state index contributed by atoms with van der Waals surface area (Å²) in [4.78, 5) is 26.8. The molecule has 24 heavy (non-hydrogen) atoms. The van der Waals surface area contributed by atoms with Crippen molar-refractivity contribution >= 4 is 35.1 Å². The summed E-state index contributed by atoms with van der Waals surface area (Å²) in [6.45, 7) is 1.79. The Kier molecular flexibility index (Phi) is 5.35. The number of amidine groups is 1. The molecule has 0 bridgehead atoms. The van der Waals surface area contributed by atoms with Crippen molar-refractivity contribution in [3.05, 3.63) is 46.6 Å². The van der Waals surface area contributed by atoms with Crippen molar-refractivity contribution in [1.29, 1.82) is 0 Å². The van der Waals surface area contributed by atoms with Crippen molar-refractivity contribution in [1.82, 2.24) is 15.1 Å². The second-order valence-corrected chi connectivity index (χ2v) is 5.88. The Hall–Kier alpha value is -2.67. The molecular weight excluding hydrogens is 330 g/mol. The number of nitrogens with zero attached hydrogens (tertiary/aromatic N) is 4. The number of hydrogen-bond donors (Lipinski definition) is 1. The fourth-order valence-electron chi connectivity index (χ4n) is 1.99. The van der Waals surface area contributed by atoms with Crippen LogP contribution in [0.1, 0.15) is 12.5 Å². The zero-order valence-corrected chi connectivity index (χ0v) is 14.6. The lowest BCUT2D eigenvalue weighted by Crippen LogP contribution is -2.52. The van der Waals surface area contributed by atoms with Crippen LogP contribution in [0.2, 0.25) is 5.02 Å². The first-order valence-corrected chi connectivity index (χ1v) is 7.53. The molecule has 126 valence electrons. The molecule has 0 spiro atoms. The average Bonchev–Trinajstić information content (AvgIpc) is 2.52. The molecular formula is C16H18ClN5O2. The third-order valence-corrected chi connectivity index (χ3v) is 3.52. The molecule has 1 aliphatic heterocycles. The van der Waals surface area contributed by atoms with E-state index in [2.05, 4.69) is 15.5 Å². The van der Waals surface area contributed by atoms with E-state index in [4.69, 9.17) is 11.6 Å². The van der Waals surface area contributed by atoms with Gasteiger partial charge < -0.3 is 4.90 Å². The highest BCUT2D eigenvalue weighted by atomic mass is 35.5. The van der Waals surface area contributed by atoms with E-state index >= 15 is 0 Å². The number of amides is 3. The Bertz CT molecular complexity index is 750. The van der Waals surface area contributed by atoms with Gasteiger partial charge in [0.05, 0.1) is 5.71 Å². The summed E-state index contributed by atoms with van der Waals surface area (Å²) in [7, 11) is 5.07. The SMILES string of the molecule is C\C(=N/N=C1/C(=C\N(C)C)C(=O)NC(=O)N1C)c1ccc(Cl)cc1. The molecule has 0 atom stereocenters. The Morgan fingerprint density at radius 1 is 1.25 bits per heavy atom. The number of rotatable bonds is 3. The smallest absolute Gasteiger partial charge is 0.329 e. The highest BCUT2D eigenvalue weighted by Gasteiger charge is 2.31. The topological polar surface area (TPSA) is 77.4 Å². The van der Waals surface area contributed by atoms with Crippen LogP contribution in [0, 0.1) is 0 Å². The van der Waals surface area contributed by atoms with Crippen LogP contribution in [0.4, 0.5) is 4.79 Å². The number of carbonyl (C=O) groups is 2. The molecule has 1 aromatic carbocycles. The van der Waals surface area contributed by atoms with E-state index in [1.165, 1.54) is 11.9 Å². The van der Waals surface area contributed by atoms with E-state index < -0.39 is 11.9 Å². The van der Waals surface area contributed by atoms with Crippen molar-refractivity contribution in [3.63, 3.8) is 0 Å². The fourth-order valence-corrected chi connectivity index (χ4v) is 2.12. The first-order chi connectivity index (χ1) is 11.3. The molecule has 8 heteroatoms. The summed E-state index contributed by atoms with van der Waals surface area (Å²) in [6.07, 6.45) is 1.59. The van der Waals surface area contributed by atoms with Crippen molar-refractivity contribution in [2.45, 2.75) is 6.92 Å². The van der Waals surface area contributed by atoms with Gasteiger partial charge in [-0.2, -0.15) is 5.10 Å². The molecule has 1 saturated heterocycles. The van der Waals surface area contributed by atoms with Crippen molar-refractivity contribution < 1.29 is 9.59 Å². The predicted octanol–water partition coefficient (Wildman–Crippen LogP) is 2.09. The summed E-state index contributed by atoms with van der Waals surface area (Å²) < 4.78 is 0. The van der Waals surface area contributed by atoms with Gasteiger partial charge in [0.2, 0.25) is 0 Å². The molecule has 0 radical (unpaired) electrons. The Balaban J connectivity index is 2.41. The van der Waals surface area contributed by atoms with Gasteiger partial charge in [-0.15, -0.1) is 5.10 Å². The minimum atomic E-state index is -0.547. The normalized spacial score (nSPS) is 19.0. The van der Waals surface area contributed by atoms with Gasteiger partial charge in [0, 0.05) is 32.4 Å². The van der Waals surface area contributed by atoms with Crippen LogP contribution in [0.3, 0.4) is 0 Å². The number of benzene rings is 1. The molecule has 1 aliphatic rings. The molecule has 0 aliphatic carbocycles. The molecule has 2 rings (SSSR count). The lowest BCUT2D eigenvalue weighted by Gasteiger charge is -2.26. The second-order valence-electron chi connectivity index (χ2n) is 5.44. The molecule has 7 nitrogen and oxygen atoms in total. The third-order valence-electron chi connectivity index (χ3n) is 3.27. The average molecular weight is 348 g/mol. The summed E-state index contributed by atoms with van der Waals surface area (Å²) in [6, 6.07) is 6.60. The maximum atomic E-state index is 12.1. The molecule has 3 amide bonds. The Morgan fingerprint density at radius 3 is 2.46 bits per heavy atom. The maximum Gasteiger partial charge on any atom is 0.329 e. The molecule has 1 aromatic rings. The van der Waals surface area contributed by atoms with Crippen LogP contribution in [0.5, 0.6) is 0 Å². The van der Waals surface area contributed by atoms with Crippen LogP contribution < -0.4 is 5.32 Å². The minimum absolute atomic E-state index is 0.186. The van der Waals surface area contributed by atoms with Crippen LogP contribution >= 0.6 is 11.6 Å². The number of imide groups is 1. The van der Waals surface area contributed by atoms with Gasteiger partial charge in [0.25, 0.3) is 5.91 Å². The number of likely N-dealkylation sites (N-methyl/N-ethyl adjacent to an activating group) is 1. The number of nitrogens with one attached hydrogen (secondary N) is 1. The number of halogens is 1. The lowest BCUT2D eigenvalue weighted by atomic mass is 10.1. The Morgan fingerprint density at radius 2 is 1.88 bits per heavy atom. The van der Waals surface area contributed by atoms with Gasteiger partial charge in [-0.25, -0.2) is 4.79 Å². The fraction of sp³-hybridized carbons (Fsp3) is 0.250. The predicted molar refractivity (Wildman–Crippen MR) is 94.2 cm³/mol. The van der Waals surface area contributed by atoms with E-state index in [9.17, 15) is 9.59 Å². The van der Waals surface area contributed by atoms with Gasteiger partial charge in [0.1, 0.15) is 5.57 Å². The van der Waals surface area contributed by atoms with E-state index in [-0.39, 0.29) is 11.4 Å². The maximum absolute atomic E-state index is 12.1. The van der Waals surface area contributed by atoms with Crippen LogP contribution in [0.15, 0.2) is 46.2 Å². The van der Waals surface area contributed by atoms with Crippen molar-refractivity contribution in [2.75, 3.05) is 21.1 Å². The lowest BCUT2D eigenvalue weighted by molar-refractivity contribution is -0.116. The molecule has 1 heterocycles. The highest BCUT2D eigenvalue weighted by Crippen LogP contribution is 2.13. The van der Waals surface area contributed by atoms with Crippen LogP contribution in [-0.2, 0) is 4.79 Å². The summed E-state index contributed by atoms with van der Waals surface area (Å²) in [5, 5.41) is 11.1. The molecule has 1 fully saturated rings. The van der Waals surface area contributed by atoms with E-state index in [0.717, 1.165) is 5.56 Å². The highest BCUT2D eigenvalue weighted by molar-refractivity contribution is 6.31. The first-order valence-electron chi connectivity index (χ1n) is 7.15. The summed E-state index contributed by atoms with van der Waals surface area (Å²) in [5.74, 6) is -0.323. The largest absolute Gasteiger partial charge is 0.383 e. The molecule has 1 N–H and O–H groups in total. The number of carbonyl (C=O) groups excluding carboxylic acids is 2. The van der Waals surface area contributed by atoms with Crippen LogP contribution in [0.25, 0.3) is 0 Å². The van der Waals surface area contributed by atoms with Crippen LogP contribution in [-0.4, -0.2) is 54.4 Å². The summed E-state index contributed by atoms with van der Waals surface area (Å²) in [5.41, 5.74) is 1.74. The van der Waals surface area contributed by atoms with Crippen molar-refractivity contribution in [2.24, 2.45) is 10.2 Å². The Labute approximate surface area is 145 Å². The second kappa shape index (κ2) is 7.27. The minimum Gasteiger partial charge on any atom is -0.383 e. The van der Waals surface area contributed by atoms with E-state index in [1.54, 1.807) is 44.3 Å². The van der Waals surface area contributed by atoms with Gasteiger partial charge >= 0.3 is 6.03 Å². The number of hydrogen-bond acceptors (Lipinski definition) is 5. The zero-order valence-electron chi connectivity index (χ0n) is 13.9.